The van der Waals surface area contributed by atoms with Gasteiger partial charge < -0.3 is 14.5 Å². The van der Waals surface area contributed by atoms with Gasteiger partial charge in [0.25, 0.3) is 5.56 Å². The summed E-state index contributed by atoms with van der Waals surface area (Å²) in [5.41, 5.74) is 3.02. The minimum atomic E-state index is -3.52. The fraction of sp³-hybridized carbons (Fsp3) is 0.471. The van der Waals surface area contributed by atoms with E-state index in [-0.39, 0.29) is 24.5 Å². The van der Waals surface area contributed by atoms with E-state index in [4.69, 9.17) is 9.47 Å². The normalized spacial score (nSPS) is 12.0. The molecular weight excluding hydrogens is 344 g/mol. The summed E-state index contributed by atoms with van der Waals surface area (Å²) in [6.07, 6.45) is 0. The molecule has 1 aromatic heterocycles. The first-order chi connectivity index (χ1) is 11.8. The molecule has 0 spiro atoms. The van der Waals surface area contributed by atoms with Crippen molar-refractivity contribution in [1.29, 1.82) is 0 Å². The molecule has 0 atom stereocenters. The lowest BCUT2D eigenvalue weighted by Gasteiger charge is -2.09. The van der Waals surface area contributed by atoms with Gasteiger partial charge in [0.2, 0.25) is 10.0 Å². The largest absolute Gasteiger partial charge is 0.382 e. The summed E-state index contributed by atoms with van der Waals surface area (Å²) in [7, 11) is -1.97. The van der Waals surface area contributed by atoms with Gasteiger partial charge >= 0.3 is 0 Å². The lowest BCUT2D eigenvalue weighted by atomic mass is 10.1. The highest BCUT2D eigenvalue weighted by molar-refractivity contribution is 7.89. The van der Waals surface area contributed by atoms with Crippen LogP contribution in [-0.2, 0) is 26.0 Å². The van der Waals surface area contributed by atoms with E-state index in [1.807, 2.05) is 26.0 Å². The molecule has 25 heavy (non-hydrogen) atoms. The number of ether oxygens (including phenoxy) is 2. The third kappa shape index (κ3) is 5.64. The van der Waals surface area contributed by atoms with E-state index in [0.717, 1.165) is 22.0 Å². The summed E-state index contributed by atoms with van der Waals surface area (Å²) < 4.78 is 36.4. The maximum Gasteiger partial charge on any atom is 0.252 e. The Hall–Kier alpha value is -1.74. The number of sulfonamides is 1. The number of pyridine rings is 1. The Morgan fingerprint density at radius 2 is 1.80 bits per heavy atom. The first kappa shape index (κ1) is 19.6. The van der Waals surface area contributed by atoms with Crippen LogP contribution in [0.4, 0.5) is 0 Å². The molecule has 2 N–H and O–H groups in total. The van der Waals surface area contributed by atoms with Crippen LogP contribution in [0.25, 0.3) is 10.9 Å². The zero-order valence-electron chi connectivity index (χ0n) is 14.7. The van der Waals surface area contributed by atoms with Gasteiger partial charge in [-0.15, -0.1) is 0 Å². The average Bonchev–Trinajstić information content (AvgIpc) is 2.54. The molecule has 0 unspecified atom stereocenters. The number of nitrogens with one attached hydrogen (secondary N) is 2. The molecule has 7 nitrogen and oxygen atoms in total. The summed E-state index contributed by atoms with van der Waals surface area (Å²) in [6, 6.07) is 5.61. The molecule has 138 valence electrons. The van der Waals surface area contributed by atoms with Gasteiger partial charge in [0.05, 0.1) is 25.6 Å². The Labute approximate surface area is 147 Å². The highest BCUT2D eigenvalue weighted by Crippen LogP contribution is 2.17. The highest BCUT2D eigenvalue weighted by Gasteiger charge is 2.12. The summed E-state index contributed by atoms with van der Waals surface area (Å²) in [5, 5.41) is 0.875. The fourth-order valence-corrected chi connectivity index (χ4v) is 3.18. The third-order valence-corrected chi connectivity index (χ3v) is 5.23. The standard InChI is InChI=1S/C17H24N2O5S/c1-12-8-14-10-15(17(20)19-16(14)9-13(12)2)11-18-25(21,22)7-6-24-5-4-23-3/h8-10,18H,4-7,11H2,1-3H3,(H,19,20). The van der Waals surface area contributed by atoms with E-state index in [1.165, 1.54) is 0 Å². The number of aryl methyl sites for hydroxylation is 2. The van der Waals surface area contributed by atoms with Crippen LogP contribution in [-0.4, -0.2) is 46.1 Å². The molecule has 1 heterocycles. The molecule has 0 aliphatic rings. The Balaban J connectivity index is 2.03. The van der Waals surface area contributed by atoms with Crippen molar-refractivity contribution in [2.24, 2.45) is 0 Å². The first-order valence-electron chi connectivity index (χ1n) is 7.99. The second-order valence-corrected chi connectivity index (χ2v) is 7.82. The van der Waals surface area contributed by atoms with Crippen molar-refractivity contribution in [3.05, 3.63) is 45.2 Å². The molecule has 2 rings (SSSR count). The van der Waals surface area contributed by atoms with Gasteiger partial charge in [-0.25, -0.2) is 13.1 Å². The van der Waals surface area contributed by atoms with Crippen molar-refractivity contribution in [1.82, 2.24) is 9.71 Å². The number of benzene rings is 1. The lowest BCUT2D eigenvalue weighted by molar-refractivity contribution is 0.0784. The van der Waals surface area contributed by atoms with E-state index < -0.39 is 10.0 Å². The van der Waals surface area contributed by atoms with Gasteiger partial charge in [-0.05, 0) is 48.6 Å². The van der Waals surface area contributed by atoms with Gasteiger partial charge in [0, 0.05) is 24.7 Å². The molecule has 2 aromatic rings. The van der Waals surface area contributed by atoms with Gasteiger partial charge in [-0.1, -0.05) is 0 Å². The maximum atomic E-state index is 12.1. The number of hydrogen-bond donors (Lipinski definition) is 2. The highest BCUT2D eigenvalue weighted by atomic mass is 32.2. The van der Waals surface area contributed by atoms with Gasteiger partial charge in [0.1, 0.15) is 0 Å². The molecule has 0 bridgehead atoms. The topological polar surface area (TPSA) is 97.5 Å². The van der Waals surface area contributed by atoms with Crippen LogP contribution in [0.2, 0.25) is 0 Å². The average molecular weight is 368 g/mol. The smallest absolute Gasteiger partial charge is 0.252 e. The van der Waals surface area contributed by atoms with Crippen molar-refractivity contribution in [3.8, 4) is 0 Å². The number of aromatic amines is 1. The number of hydrogen-bond acceptors (Lipinski definition) is 5. The maximum absolute atomic E-state index is 12.1. The number of rotatable bonds is 9. The Bertz CT molecular complexity index is 890. The van der Waals surface area contributed by atoms with Crippen molar-refractivity contribution in [3.63, 3.8) is 0 Å². The minimum Gasteiger partial charge on any atom is -0.382 e. The second kappa shape index (κ2) is 8.57. The number of H-pyrrole nitrogens is 1. The molecule has 0 saturated heterocycles. The van der Waals surface area contributed by atoms with E-state index >= 15 is 0 Å². The summed E-state index contributed by atoms with van der Waals surface area (Å²) in [4.78, 5) is 14.9. The number of methoxy groups -OCH3 is 1. The van der Waals surface area contributed by atoms with Gasteiger partial charge in [0.15, 0.2) is 0 Å². The molecule has 0 saturated carbocycles. The van der Waals surface area contributed by atoms with E-state index in [0.29, 0.717) is 18.8 Å². The van der Waals surface area contributed by atoms with Crippen LogP contribution in [0.1, 0.15) is 16.7 Å². The first-order valence-corrected chi connectivity index (χ1v) is 9.65. The van der Waals surface area contributed by atoms with Crippen molar-refractivity contribution < 1.29 is 17.9 Å². The van der Waals surface area contributed by atoms with E-state index in [1.54, 1.807) is 13.2 Å². The molecule has 0 amide bonds. The SMILES string of the molecule is COCCOCCS(=O)(=O)NCc1cc2cc(C)c(C)cc2[nH]c1=O. The Morgan fingerprint density at radius 1 is 1.08 bits per heavy atom. The number of fused-ring (bicyclic) bond motifs is 1. The Kier molecular flexibility index (Phi) is 6.71. The van der Waals surface area contributed by atoms with E-state index in [2.05, 4.69) is 9.71 Å². The van der Waals surface area contributed by atoms with E-state index in [9.17, 15) is 13.2 Å². The minimum absolute atomic E-state index is 0.0569. The number of aromatic nitrogens is 1. The van der Waals surface area contributed by atoms with Crippen molar-refractivity contribution in [2.45, 2.75) is 20.4 Å². The zero-order chi connectivity index (χ0) is 18.4. The molecule has 1 aromatic carbocycles. The fourth-order valence-electron chi connectivity index (χ4n) is 2.33. The lowest BCUT2D eigenvalue weighted by Crippen LogP contribution is -2.30. The molecule has 0 fully saturated rings. The zero-order valence-corrected chi connectivity index (χ0v) is 15.5. The monoisotopic (exact) mass is 368 g/mol. The summed E-state index contributed by atoms with van der Waals surface area (Å²) in [5.74, 6) is -0.166. The summed E-state index contributed by atoms with van der Waals surface area (Å²) in [6.45, 7) is 4.74. The van der Waals surface area contributed by atoms with Gasteiger partial charge in [-0.3, -0.25) is 4.79 Å². The molecule has 0 aliphatic carbocycles. The predicted octanol–water partition coefficient (Wildman–Crippen LogP) is 1.23. The summed E-state index contributed by atoms with van der Waals surface area (Å²) >= 11 is 0. The van der Waals surface area contributed by atoms with Crippen LogP contribution in [0.5, 0.6) is 0 Å². The van der Waals surface area contributed by atoms with Crippen LogP contribution in [0.3, 0.4) is 0 Å². The third-order valence-electron chi connectivity index (χ3n) is 3.95. The molecular formula is C17H24N2O5S. The van der Waals surface area contributed by atoms with Gasteiger partial charge in [-0.2, -0.15) is 0 Å². The quantitative estimate of drug-likeness (QED) is 0.649. The molecule has 0 radical (unpaired) electrons. The van der Waals surface area contributed by atoms with Crippen LogP contribution >= 0.6 is 0 Å². The van der Waals surface area contributed by atoms with Crippen molar-refractivity contribution >= 4 is 20.9 Å². The van der Waals surface area contributed by atoms with Crippen molar-refractivity contribution in [2.75, 3.05) is 32.7 Å². The van der Waals surface area contributed by atoms with Crippen LogP contribution in [0.15, 0.2) is 23.0 Å². The molecule has 0 aliphatic heterocycles. The molecule has 8 heteroatoms. The van der Waals surface area contributed by atoms with Crippen LogP contribution < -0.4 is 10.3 Å². The van der Waals surface area contributed by atoms with Crippen LogP contribution in [0, 0.1) is 13.8 Å². The Morgan fingerprint density at radius 3 is 2.52 bits per heavy atom. The second-order valence-electron chi connectivity index (χ2n) is 5.89. The predicted molar refractivity (Wildman–Crippen MR) is 97.4 cm³/mol.